The summed E-state index contributed by atoms with van der Waals surface area (Å²) in [5.74, 6) is 0.0575. The van der Waals surface area contributed by atoms with Gasteiger partial charge in [0.05, 0.1) is 7.11 Å². The lowest BCUT2D eigenvalue weighted by molar-refractivity contribution is -0.139. The first-order valence-corrected chi connectivity index (χ1v) is 3.64. The van der Waals surface area contributed by atoms with Crippen molar-refractivity contribution in [3.8, 4) is 0 Å². The van der Waals surface area contributed by atoms with Crippen LogP contribution in [0.5, 0.6) is 0 Å². The summed E-state index contributed by atoms with van der Waals surface area (Å²) >= 11 is 1.07. The van der Waals surface area contributed by atoms with Crippen LogP contribution in [-0.4, -0.2) is 22.4 Å². The molecule has 0 saturated heterocycles. The Kier molecular flexibility index (Phi) is 2.37. The van der Waals surface area contributed by atoms with Crippen molar-refractivity contribution in [2.45, 2.75) is 6.42 Å². The molecule has 0 radical (unpaired) electrons. The summed E-state index contributed by atoms with van der Waals surface area (Å²) < 4.78 is 8.22. The molecule has 0 unspecified atom stereocenters. The number of nitrogens with zero attached hydrogens (tertiary/aromatic N) is 2. The Hall–Kier alpha value is -1.17. The fourth-order valence-electron chi connectivity index (χ4n) is 0.541. The second-order valence-corrected chi connectivity index (χ2v) is 2.59. The maximum atomic E-state index is 10.7. The molecule has 0 aliphatic rings. The highest BCUT2D eigenvalue weighted by atomic mass is 32.1. The van der Waals surface area contributed by atoms with E-state index in [0.717, 1.165) is 11.5 Å². The van der Waals surface area contributed by atoms with Crippen molar-refractivity contribution in [3.05, 3.63) is 5.82 Å². The first-order valence-electron chi connectivity index (χ1n) is 2.87. The number of carbonyl (C=O) groups excluding carboxylic acids is 1. The molecule has 2 N–H and O–H groups in total. The molecule has 1 aromatic heterocycles. The fourth-order valence-corrected chi connectivity index (χ4v) is 0.991. The van der Waals surface area contributed by atoms with Crippen LogP contribution in [0.2, 0.25) is 0 Å². The van der Waals surface area contributed by atoms with E-state index in [4.69, 9.17) is 5.73 Å². The molecule has 11 heavy (non-hydrogen) atoms. The molecule has 0 aliphatic heterocycles. The molecule has 0 saturated carbocycles. The molecule has 0 fully saturated rings. The van der Waals surface area contributed by atoms with E-state index < -0.39 is 0 Å². The molecular weight excluding hydrogens is 166 g/mol. The van der Waals surface area contributed by atoms with Gasteiger partial charge in [0.25, 0.3) is 0 Å². The summed E-state index contributed by atoms with van der Waals surface area (Å²) in [7, 11) is 1.32. The van der Waals surface area contributed by atoms with Gasteiger partial charge in [0.2, 0.25) is 0 Å². The average molecular weight is 173 g/mol. The van der Waals surface area contributed by atoms with E-state index in [0.29, 0.717) is 11.0 Å². The minimum atomic E-state index is -0.359. The largest absolute Gasteiger partial charge is 0.469 e. The van der Waals surface area contributed by atoms with Gasteiger partial charge >= 0.3 is 5.97 Å². The average Bonchev–Trinajstić information content (AvgIpc) is 2.35. The molecule has 0 atom stereocenters. The van der Waals surface area contributed by atoms with Crippen molar-refractivity contribution in [2.24, 2.45) is 0 Å². The van der Waals surface area contributed by atoms with Gasteiger partial charge in [-0.15, -0.1) is 0 Å². The van der Waals surface area contributed by atoms with Crippen molar-refractivity contribution < 1.29 is 9.53 Å². The number of nitrogen functional groups attached to an aromatic ring is 1. The molecule has 0 bridgehead atoms. The topological polar surface area (TPSA) is 78.1 Å². The van der Waals surface area contributed by atoms with Gasteiger partial charge in [-0.1, -0.05) is 0 Å². The summed E-state index contributed by atoms with van der Waals surface area (Å²) in [5.41, 5.74) is 5.29. The van der Waals surface area contributed by atoms with Gasteiger partial charge in [-0.05, 0) is 0 Å². The van der Waals surface area contributed by atoms with Crippen LogP contribution in [0.25, 0.3) is 0 Å². The molecule has 1 heterocycles. The molecule has 60 valence electrons. The number of anilines is 1. The van der Waals surface area contributed by atoms with Crippen LogP contribution < -0.4 is 5.73 Å². The lowest BCUT2D eigenvalue weighted by atomic mass is 10.4. The molecule has 1 rings (SSSR count). The summed E-state index contributed by atoms with van der Waals surface area (Å²) in [5, 5.41) is 0.365. The Morgan fingerprint density at radius 3 is 3.00 bits per heavy atom. The summed E-state index contributed by atoms with van der Waals surface area (Å²) in [6, 6.07) is 0. The number of hydrogen-bond donors (Lipinski definition) is 1. The minimum absolute atomic E-state index is 0.0875. The molecule has 1 aromatic rings. The zero-order valence-corrected chi connectivity index (χ0v) is 6.72. The van der Waals surface area contributed by atoms with Crippen molar-refractivity contribution in [3.63, 3.8) is 0 Å². The van der Waals surface area contributed by atoms with Crippen molar-refractivity contribution in [1.29, 1.82) is 0 Å². The molecule has 0 aromatic carbocycles. The van der Waals surface area contributed by atoms with Gasteiger partial charge in [0, 0.05) is 11.5 Å². The quantitative estimate of drug-likeness (QED) is 0.628. The SMILES string of the molecule is COC(=O)Cc1nsc(N)n1. The highest BCUT2D eigenvalue weighted by Gasteiger charge is 2.06. The third kappa shape index (κ3) is 2.15. The third-order valence-corrected chi connectivity index (χ3v) is 1.59. The van der Waals surface area contributed by atoms with E-state index in [1.165, 1.54) is 7.11 Å². The van der Waals surface area contributed by atoms with Crippen LogP contribution in [0.3, 0.4) is 0 Å². The van der Waals surface area contributed by atoms with E-state index in [-0.39, 0.29) is 12.4 Å². The highest BCUT2D eigenvalue weighted by Crippen LogP contribution is 2.05. The number of ether oxygens (including phenoxy) is 1. The van der Waals surface area contributed by atoms with Gasteiger partial charge < -0.3 is 10.5 Å². The minimum Gasteiger partial charge on any atom is -0.469 e. The normalized spacial score (nSPS) is 9.55. The van der Waals surface area contributed by atoms with Gasteiger partial charge in [-0.3, -0.25) is 4.79 Å². The van der Waals surface area contributed by atoms with Crippen LogP contribution in [0.15, 0.2) is 0 Å². The van der Waals surface area contributed by atoms with Crippen LogP contribution in [0, 0.1) is 0 Å². The summed E-state index contributed by atoms with van der Waals surface area (Å²) in [4.78, 5) is 14.4. The third-order valence-electron chi connectivity index (χ3n) is 1.01. The fraction of sp³-hybridized carbons (Fsp3) is 0.400. The van der Waals surface area contributed by atoms with Gasteiger partial charge in [0.15, 0.2) is 11.0 Å². The van der Waals surface area contributed by atoms with Gasteiger partial charge in [-0.2, -0.15) is 4.37 Å². The lowest BCUT2D eigenvalue weighted by Crippen LogP contribution is -2.05. The zero-order chi connectivity index (χ0) is 8.27. The molecule has 0 spiro atoms. The van der Waals surface area contributed by atoms with Crippen LogP contribution in [0.4, 0.5) is 5.13 Å². The van der Waals surface area contributed by atoms with Crippen LogP contribution in [0.1, 0.15) is 5.82 Å². The molecule has 6 heteroatoms. The van der Waals surface area contributed by atoms with Crippen molar-refractivity contribution in [2.75, 3.05) is 12.8 Å². The second kappa shape index (κ2) is 3.29. The van der Waals surface area contributed by atoms with E-state index in [1.54, 1.807) is 0 Å². The maximum absolute atomic E-state index is 10.7. The van der Waals surface area contributed by atoms with E-state index in [2.05, 4.69) is 14.1 Å². The number of aromatic nitrogens is 2. The van der Waals surface area contributed by atoms with Crippen molar-refractivity contribution >= 4 is 22.6 Å². The maximum Gasteiger partial charge on any atom is 0.313 e. The summed E-state index contributed by atoms with van der Waals surface area (Å²) in [6.45, 7) is 0. The van der Waals surface area contributed by atoms with E-state index in [1.807, 2.05) is 0 Å². The standard InChI is InChI=1S/C5H7N3O2S/c1-10-4(9)2-3-7-5(6)11-8-3/h2H2,1H3,(H2,6,7,8). The number of nitrogens with two attached hydrogens (primary N) is 1. The lowest BCUT2D eigenvalue weighted by Gasteiger charge is -1.91. The number of methoxy groups -OCH3 is 1. The van der Waals surface area contributed by atoms with Crippen LogP contribution in [-0.2, 0) is 16.0 Å². The second-order valence-electron chi connectivity index (χ2n) is 1.80. The number of carbonyl (C=O) groups is 1. The molecule has 0 amide bonds. The Labute approximate surface area is 67.4 Å². The van der Waals surface area contributed by atoms with Gasteiger partial charge in [0.1, 0.15) is 6.42 Å². The van der Waals surface area contributed by atoms with E-state index in [9.17, 15) is 4.79 Å². The first-order chi connectivity index (χ1) is 5.22. The smallest absolute Gasteiger partial charge is 0.313 e. The first kappa shape index (κ1) is 7.93. The number of esters is 1. The predicted molar refractivity (Wildman–Crippen MR) is 40.0 cm³/mol. The Bertz CT molecular complexity index is 260. The van der Waals surface area contributed by atoms with Gasteiger partial charge in [-0.25, -0.2) is 4.98 Å². The molecule has 0 aliphatic carbocycles. The molecular formula is C5H7N3O2S. The molecule has 5 nitrogen and oxygen atoms in total. The number of rotatable bonds is 2. The Balaban J connectivity index is 2.57. The monoisotopic (exact) mass is 173 g/mol. The summed E-state index contributed by atoms with van der Waals surface area (Å²) in [6.07, 6.45) is 0.0875. The van der Waals surface area contributed by atoms with E-state index >= 15 is 0 Å². The Morgan fingerprint density at radius 2 is 2.55 bits per heavy atom. The highest BCUT2D eigenvalue weighted by molar-refractivity contribution is 7.09. The van der Waals surface area contributed by atoms with Crippen LogP contribution >= 0.6 is 11.5 Å². The Morgan fingerprint density at radius 1 is 1.82 bits per heavy atom. The predicted octanol–water partition coefficient (Wildman–Crippen LogP) is -0.164. The van der Waals surface area contributed by atoms with Crippen molar-refractivity contribution in [1.82, 2.24) is 9.36 Å². The number of hydrogen-bond acceptors (Lipinski definition) is 6. The zero-order valence-electron chi connectivity index (χ0n) is 5.90.